The topological polar surface area (TPSA) is 12.0 Å². The highest BCUT2D eigenvalue weighted by molar-refractivity contribution is 7.98. The van der Waals surface area contributed by atoms with Gasteiger partial charge in [0.2, 0.25) is 0 Å². The van der Waals surface area contributed by atoms with Crippen molar-refractivity contribution in [3.05, 3.63) is 21.3 Å². The van der Waals surface area contributed by atoms with Crippen LogP contribution in [-0.4, -0.2) is 18.6 Å². The van der Waals surface area contributed by atoms with Gasteiger partial charge >= 0.3 is 0 Å². The molecule has 0 fully saturated rings. The molecule has 0 atom stereocenters. The first-order valence-electron chi connectivity index (χ1n) is 4.77. The molecule has 0 unspecified atom stereocenters. The Labute approximate surface area is 99.2 Å². The number of rotatable bonds is 7. The number of hydrogen-bond acceptors (Lipinski definition) is 3. The van der Waals surface area contributed by atoms with Gasteiger partial charge in [0.1, 0.15) is 0 Å². The van der Waals surface area contributed by atoms with Crippen LogP contribution in [0.2, 0.25) is 4.34 Å². The summed E-state index contributed by atoms with van der Waals surface area (Å²) in [5.74, 6) is 1.27. The van der Waals surface area contributed by atoms with Crippen LogP contribution in [0, 0.1) is 0 Å². The Kier molecular flexibility index (Phi) is 6.69. The van der Waals surface area contributed by atoms with Crippen LogP contribution in [0.1, 0.15) is 17.7 Å². The van der Waals surface area contributed by atoms with Crippen molar-refractivity contribution in [1.82, 2.24) is 5.32 Å². The predicted octanol–water partition coefficient (Wildman–Crippen LogP) is 3.63. The Morgan fingerprint density at radius 1 is 1.43 bits per heavy atom. The molecule has 1 aromatic heterocycles. The zero-order chi connectivity index (χ0) is 10.2. The van der Waals surface area contributed by atoms with E-state index in [1.807, 2.05) is 17.8 Å². The van der Waals surface area contributed by atoms with E-state index in [4.69, 9.17) is 11.6 Å². The van der Waals surface area contributed by atoms with Crippen LogP contribution in [0.5, 0.6) is 0 Å². The molecule has 80 valence electrons. The average Bonchev–Trinajstić information content (AvgIpc) is 2.58. The van der Waals surface area contributed by atoms with Crippen molar-refractivity contribution in [2.45, 2.75) is 19.4 Å². The molecule has 1 nitrogen and oxygen atoms in total. The second kappa shape index (κ2) is 7.57. The smallest absolute Gasteiger partial charge is 0.0931 e. The fourth-order valence-electron chi connectivity index (χ4n) is 1.15. The van der Waals surface area contributed by atoms with Gasteiger partial charge in [-0.2, -0.15) is 11.8 Å². The van der Waals surface area contributed by atoms with Gasteiger partial charge in [-0.25, -0.2) is 0 Å². The van der Waals surface area contributed by atoms with Crippen LogP contribution >= 0.6 is 34.7 Å². The summed E-state index contributed by atoms with van der Waals surface area (Å²) >= 11 is 9.40. The lowest BCUT2D eigenvalue weighted by Crippen LogP contribution is -2.13. The second-order valence-corrected chi connectivity index (χ2v) is 5.87. The monoisotopic (exact) mass is 249 g/mol. The maximum absolute atomic E-state index is 5.83. The predicted molar refractivity (Wildman–Crippen MR) is 68.7 cm³/mol. The van der Waals surface area contributed by atoms with Gasteiger partial charge in [0.25, 0.3) is 0 Å². The van der Waals surface area contributed by atoms with E-state index in [1.54, 1.807) is 11.3 Å². The van der Waals surface area contributed by atoms with E-state index in [2.05, 4.69) is 17.6 Å². The molecule has 0 amide bonds. The van der Waals surface area contributed by atoms with Crippen LogP contribution in [0.3, 0.4) is 0 Å². The van der Waals surface area contributed by atoms with Gasteiger partial charge in [-0.1, -0.05) is 11.6 Å². The van der Waals surface area contributed by atoms with Gasteiger partial charge in [-0.3, -0.25) is 0 Å². The lowest BCUT2D eigenvalue weighted by Gasteiger charge is -2.01. The van der Waals surface area contributed by atoms with Crippen molar-refractivity contribution >= 4 is 34.7 Å². The number of unbranched alkanes of at least 4 members (excludes halogenated alkanes) is 1. The van der Waals surface area contributed by atoms with Crippen molar-refractivity contribution in [3.8, 4) is 0 Å². The van der Waals surface area contributed by atoms with Crippen molar-refractivity contribution < 1.29 is 0 Å². The van der Waals surface area contributed by atoms with Crippen molar-refractivity contribution in [2.75, 3.05) is 18.6 Å². The molecular weight excluding hydrogens is 234 g/mol. The van der Waals surface area contributed by atoms with Crippen molar-refractivity contribution in [1.29, 1.82) is 0 Å². The minimum atomic E-state index is 0.879. The molecule has 4 heteroatoms. The Hall–Kier alpha value is 0.300. The van der Waals surface area contributed by atoms with E-state index in [0.717, 1.165) is 17.4 Å². The molecule has 0 saturated heterocycles. The van der Waals surface area contributed by atoms with E-state index in [-0.39, 0.29) is 0 Å². The lowest BCUT2D eigenvalue weighted by molar-refractivity contribution is 0.648. The van der Waals surface area contributed by atoms with Gasteiger partial charge in [-0.15, -0.1) is 11.3 Å². The summed E-state index contributed by atoms with van der Waals surface area (Å²) in [6.07, 6.45) is 4.72. The molecule has 0 radical (unpaired) electrons. The first-order chi connectivity index (χ1) is 6.83. The van der Waals surface area contributed by atoms with Crippen LogP contribution in [0.4, 0.5) is 0 Å². The SMILES string of the molecule is CSCCCCNCc1ccc(Cl)s1. The maximum Gasteiger partial charge on any atom is 0.0931 e. The van der Waals surface area contributed by atoms with Gasteiger partial charge in [-0.05, 0) is 43.5 Å². The molecule has 0 spiro atoms. The molecule has 14 heavy (non-hydrogen) atoms. The van der Waals surface area contributed by atoms with Crippen LogP contribution in [-0.2, 0) is 6.54 Å². The molecule has 1 N–H and O–H groups in total. The molecular formula is C10H16ClNS2. The fourth-order valence-corrected chi connectivity index (χ4v) is 2.70. The summed E-state index contributed by atoms with van der Waals surface area (Å²) in [5, 5.41) is 3.42. The summed E-state index contributed by atoms with van der Waals surface area (Å²) in [7, 11) is 0. The highest BCUT2D eigenvalue weighted by Crippen LogP contribution is 2.20. The third-order valence-corrected chi connectivity index (χ3v) is 3.81. The molecule has 0 aliphatic heterocycles. The first-order valence-corrected chi connectivity index (χ1v) is 7.35. The Bertz CT molecular complexity index is 250. The van der Waals surface area contributed by atoms with E-state index < -0.39 is 0 Å². The largest absolute Gasteiger partial charge is 0.312 e. The highest BCUT2D eigenvalue weighted by Gasteiger charge is 1.96. The number of hydrogen-bond donors (Lipinski definition) is 1. The van der Waals surface area contributed by atoms with E-state index >= 15 is 0 Å². The molecule has 1 rings (SSSR count). The molecule has 0 saturated carbocycles. The number of thiophene rings is 1. The van der Waals surface area contributed by atoms with Crippen molar-refractivity contribution in [3.63, 3.8) is 0 Å². The van der Waals surface area contributed by atoms with Gasteiger partial charge < -0.3 is 5.32 Å². The Morgan fingerprint density at radius 3 is 2.93 bits per heavy atom. The molecule has 0 aliphatic rings. The summed E-state index contributed by atoms with van der Waals surface area (Å²) in [6.45, 7) is 2.06. The average molecular weight is 250 g/mol. The number of halogens is 1. The van der Waals surface area contributed by atoms with Gasteiger partial charge in [0.15, 0.2) is 0 Å². The molecule has 0 aromatic carbocycles. The molecule has 0 aliphatic carbocycles. The minimum absolute atomic E-state index is 0.879. The van der Waals surface area contributed by atoms with Gasteiger partial charge in [0, 0.05) is 11.4 Å². The highest BCUT2D eigenvalue weighted by atomic mass is 35.5. The van der Waals surface area contributed by atoms with E-state index in [1.165, 1.54) is 23.5 Å². The summed E-state index contributed by atoms with van der Waals surface area (Å²) in [6, 6.07) is 4.04. The molecule has 1 heterocycles. The van der Waals surface area contributed by atoms with E-state index in [0.29, 0.717) is 0 Å². The minimum Gasteiger partial charge on any atom is -0.312 e. The Balaban J connectivity index is 1.99. The van der Waals surface area contributed by atoms with Crippen molar-refractivity contribution in [2.24, 2.45) is 0 Å². The second-order valence-electron chi connectivity index (χ2n) is 3.08. The van der Waals surface area contributed by atoms with Crippen LogP contribution < -0.4 is 5.32 Å². The number of thioether (sulfide) groups is 1. The third kappa shape index (κ3) is 5.25. The summed E-state index contributed by atoms with van der Waals surface area (Å²) < 4.78 is 0.879. The Morgan fingerprint density at radius 2 is 2.29 bits per heavy atom. The summed E-state index contributed by atoms with van der Waals surface area (Å²) in [5.41, 5.74) is 0. The quantitative estimate of drug-likeness (QED) is 0.741. The fraction of sp³-hybridized carbons (Fsp3) is 0.600. The lowest BCUT2D eigenvalue weighted by atomic mass is 10.3. The first kappa shape index (κ1) is 12.4. The normalized spacial score (nSPS) is 10.7. The summed E-state index contributed by atoms with van der Waals surface area (Å²) in [4.78, 5) is 1.32. The van der Waals surface area contributed by atoms with Gasteiger partial charge in [0.05, 0.1) is 4.34 Å². The maximum atomic E-state index is 5.83. The third-order valence-electron chi connectivity index (χ3n) is 1.88. The zero-order valence-electron chi connectivity index (χ0n) is 8.38. The zero-order valence-corrected chi connectivity index (χ0v) is 10.8. The molecule has 0 bridgehead atoms. The van der Waals surface area contributed by atoms with E-state index in [9.17, 15) is 0 Å². The number of nitrogens with one attached hydrogen (secondary N) is 1. The molecule has 1 aromatic rings. The van der Waals surface area contributed by atoms with Crippen LogP contribution in [0.15, 0.2) is 12.1 Å². The van der Waals surface area contributed by atoms with Crippen LogP contribution in [0.25, 0.3) is 0 Å². The standard InChI is InChI=1S/C10H16ClNS2/c1-13-7-3-2-6-12-8-9-4-5-10(11)14-9/h4-5,12H,2-3,6-8H2,1H3.